The fraction of sp³-hybridized carbons (Fsp3) is 0.889. The van der Waals surface area contributed by atoms with Gasteiger partial charge in [0.15, 0.2) is 0 Å². The van der Waals surface area contributed by atoms with Crippen molar-refractivity contribution in [3.8, 4) is 0 Å². The number of carbonyl (C=O) groups is 1. The molecule has 0 aromatic carbocycles. The van der Waals surface area contributed by atoms with Crippen molar-refractivity contribution in [3.63, 3.8) is 0 Å². The molecular formula is C9H18N2O. The van der Waals surface area contributed by atoms with Crippen molar-refractivity contribution in [2.24, 2.45) is 11.7 Å². The van der Waals surface area contributed by atoms with Crippen molar-refractivity contribution in [3.05, 3.63) is 0 Å². The summed E-state index contributed by atoms with van der Waals surface area (Å²) < 4.78 is 0. The van der Waals surface area contributed by atoms with E-state index in [2.05, 4.69) is 0 Å². The minimum atomic E-state index is -0.620. The Morgan fingerprint density at radius 1 is 1.67 bits per heavy atom. The molecule has 1 saturated carbocycles. The molecule has 0 spiro atoms. The topological polar surface area (TPSA) is 46.3 Å². The van der Waals surface area contributed by atoms with Gasteiger partial charge in [0.25, 0.3) is 0 Å². The average Bonchev–Trinajstić information content (AvgIpc) is 2.83. The highest BCUT2D eigenvalue weighted by atomic mass is 16.2. The second kappa shape index (κ2) is 3.05. The van der Waals surface area contributed by atoms with E-state index in [-0.39, 0.29) is 5.91 Å². The molecule has 12 heavy (non-hydrogen) atoms. The van der Waals surface area contributed by atoms with Crippen molar-refractivity contribution in [1.82, 2.24) is 4.90 Å². The maximum atomic E-state index is 11.7. The molecule has 0 aromatic heterocycles. The number of hydrogen-bond donors (Lipinski definition) is 1. The number of hydrogen-bond acceptors (Lipinski definition) is 2. The zero-order valence-corrected chi connectivity index (χ0v) is 8.13. The Morgan fingerprint density at radius 3 is 2.50 bits per heavy atom. The number of carbonyl (C=O) groups excluding carboxylic acids is 1. The van der Waals surface area contributed by atoms with Crippen LogP contribution in [0.5, 0.6) is 0 Å². The fourth-order valence-electron chi connectivity index (χ4n) is 1.41. The molecule has 1 rings (SSSR count). The highest BCUT2D eigenvalue weighted by Gasteiger charge is 2.44. The molecule has 0 heterocycles. The molecule has 0 radical (unpaired) electrons. The molecule has 0 saturated heterocycles. The summed E-state index contributed by atoms with van der Waals surface area (Å²) in [6, 6.07) is 0. The number of likely N-dealkylation sites (N-methyl/N-ethyl adjacent to an activating group) is 1. The normalized spacial score (nSPS) is 21.7. The van der Waals surface area contributed by atoms with E-state index < -0.39 is 5.54 Å². The summed E-state index contributed by atoms with van der Waals surface area (Å²) >= 11 is 0. The number of nitrogens with two attached hydrogens (primary N) is 1. The van der Waals surface area contributed by atoms with Crippen molar-refractivity contribution in [2.45, 2.75) is 32.2 Å². The maximum Gasteiger partial charge on any atom is 0.242 e. The van der Waals surface area contributed by atoms with Gasteiger partial charge in [-0.3, -0.25) is 4.79 Å². The van der Waals surface area contributed by atoms with Crippen LogP contribution in [0.25, 0.3) is 0 Å². The Morgan fingerprint density at radius 2 is 2.17 bits per heavy atom. The van der Waals surface area contributed by atoms with Gasteiger partial charge in [0.2, 0.25) is 5.91 Å². The van der Waals surface area contributed by atoms with E-state index in [0.29, 0.717) is 5.92 Å². The van der Waals surface area contributed by atoms with Gasteiger partial charge < -0.3 is 10.6 Å². The lowest BCUT2D eigenvalue weighted by atomic mass is 9.95. The predicted molar refractivity (Wildman–Crippen MR) is 48.6 cm³/mol. The molecule has 1 atom stereocenters. The zero-order valence-electron chi connectivity index (χ0n) is 8.13. The van der Waals surface area contributed by atoms with Crippen molar-refractivity contribution >= 4 is 5.91 Å². The second-order valence-corrected chi connectivity index (χ2v) is 3.88. The minimum Gasteiger partial charge on any atom is -0.344 e. The van der Waals surface area contributed by atoms with E-state index in [0.717, 1.165) is 19.4 Å². The van der Waals surface area contributed by atoms with Gasteiger partial charge in [-0.15, -0.1) is 0 Å². The van der Waals surface area contributed by atoms with Crippen molar-refractivity contribution in [1.29, 1.82) is 0 Å². The highest BCUT2D eigenvalue weighted by molar-refractivity contribution is 5.86. The summed E-state index contributed by atoms with van der Waals surface area (Å²) in [5.41, 5.74) is 5.33. The van der Waals surface area contributed by atoms with E-state index >= 15 is 0 Å². The first-order chi connectivity index (χ1) is 5.50. The Labute approximate surface area is 73.9 Å². The molecule has 1 fully saturated rings. The largest absolute Gasteiger partial charge is 0.344 e. The lowest BCUT2D eigenvalue weighted by molar-refractivity contribution is -0.135. The van der Waals surface area contributed by atoms with Gasteiger partial charge in [0.05, 0.1) is 5.54 Å². The second-order valence-electron chi connectivity index (χ2n) is 3.88. The Kier molecular flexibility index (Phi) is 2.42. The van der Waals surface area contributed by atoms with Gasteiger partial charge in [0, 0.05) is 13.6 Å². The van der Waals surface area contributed by atoms with E-state index in [1.54, 1.807) is 11.9 Å². The van der Waals surface area contributed by atoms with Crippen molar-refractivity contribution in [2.75, 3.05) is 13.6 Å². The van der Waals surface area contributed by atoms with E-state index in [4.69, 9.17) is 5.73 Å². The molecule has 1 unspecified atom stereocenters. The van der Waals surface area contributed by atoms with E-state index in [1.165, 1.54) is 0 Å². The molecule has 3 nitrogen and oxygen atoms in total. The standard InChI is InChI=1S/C9H18N2O/c1-4-11(3)8(12)9(2,10)7-5-6-7/h7H,4-6,10H2,1-3H3. The Hall–Kier alpha value is -0.570. The highest BCUT2D eigenvalue weighted by Crippen LogP contribution is 2.38. The molecule has 1 aliphatic carbocycles. The van der Waals surface area contributed by atoms with Crippen molar-refractivity contribution < 1.29 is 4.79 Å². The van der Waals surface area contributed by atoms with E-state index in [1.807, 2.05) is 13.8 Å². The smallest absolute Gasteiger partial charge is 0.242 e. The minimum absolute atomic E-state index is 0.0764. The first kappa shape index (κ1) is 9.52. The zero-order chi connectivity index (χ0) is 9.35. The van der Waals surface area contributed by atoms with Crippen LogP contribution in [0, 0.1) is 5.92 Å². The molecule has 1 aliphatic rings. The van der Waals surface area contributed by atoms with Gasteiger partial charge in [-0.25, -0.2) is 0 Å². The van der Waals surface area contributed by atoms with Gasteiger partial charge in [-0.1, -0.05) is 0 Å². The fourth-order valence-corrected chi connectivity index (χ4v) is 1.41. The van der Waals surface area contributed by atoms with Gasteiger partial charge in [-0.05, 0) is 32.6 Å². The predicted octanol–water partition coefficient (Wildman–Crippen LogP) is 0.592. The monoisotopic (exact) mass is 170 g/mol. The molecule has 0 aromatic rings. The van der Waals surface area contributed by atoms with E-state index in [9.17, 15) is 4.79 Å². The van der Waals surface area contributed by atoms with Crippen LogP contribution in [0.1, 0.15) is 26.7 Å². The summed E-state index contributed by atoms with van der Waals surface area (Å²) in [6.07, 6.45) is 2.21. The van der Waals surface area contributed by atoms with Gasteiger partial charge >= 0.3 is 0 Å². The summed E-state index contributed by atoms with van der Waals surface area (Å²) in [4.78, 5) is 13.4. The Balaban J connectivity index is 2.60. The van der Waals surface area contributed by atoms with Crippen LogP contribution in [-0.2, 0) is 4.79 Å². The van der Waals surface area contributed by atoms with Gasteiger partial charge in [0.1, 0.15) is 0 Å². The van der Waals surface area contributed by atoms with Crippen LogP contribution in [-0.4, -0.2) is 29.9 Å². The third-order valence-corrected chi connectivity index (χ3v) is 2.71. The third-order valence-electron chi connectivity index (χ3n) is 2.71. The Bertz CT molecular complexity index is 185. The molecular weight excluding hydrogens is 152 g/mol. The van der Waals surface area contributed by atoms with Crippen LogP contribution >= 0.6 is 0 Å². The summed E-state index contributed by atoms with van der Waals surface area (Å²) in [7, 11) is 1.80. The SMILES string of the molecule is CCN(C)C(=O)C(C)(N)C1CC1. The van der Waals surface area contributed by atoms with Crippen LogP contribution in [0.15, 0.2) is 0 Å². The van der Waals surface area contributed by atoms with Crippen LogP contribution in [0.3, 0.4) is 0 Å². The lowest BCUT2D eigenvalue weighted by Crippen LogP contribution is -2.53. The number of amides is 1. The van der Waals surface area contributed by atoms with Crippen LogP contribution in [0.4, 0.5) is 0 Å². The lowest BCUT2D eigenvalue weighted by Gasteiger charge is -2.28. The summed E-state index contributed by atoms with van der Waals surface area (Å²) in [6.45, 7) is 4.54. The summed E-state index contributed by atoms with van der Waals surface area (Å²) in [5.74, 6) is 0.492. The third kappa shape index (κ3) is 1.61. The molecule has 0 bridgehead atoms. The maximum absolute atomic E-state index is 11.7. The molecule has 0 aliphatic heterocycles. The molecule has 3 heteroatoms. The van der Waals surface area contributed by atoms with Gasteiger partial charge in [-0.2, -0.15) is 0 Å². The molecule has 2 N–H and O–H groups in total. The summed E-state index contributed by atoms with van der Waals surface area (Å²) in [5, 5.41) is 0. The number of rotatable bonds is 3. The number of nitrogens with zero attached hydrogens (tertiary/aromatic N) is 1. The molecule has 1 amide bonds. The van der Waals surface area contributed by atoms with Crippen LogP contribution in [0.2, 0.25) is 0 Å². The molecule has 70 valence electrons. The quantitative estimate of drug-likeness (QED) is 0.674. The average molecular weight is 170 g/mol. The first-order valence-electron chi connectivity index (χ1n) is 4.54. The first-order valence-corrected chi connectivity index (χ1v) is 4.54. The van der Waals surface area contributed by atoms with Crippen LogP contribution < -0.4 is 5.73 Å².